The summed E-state index contributed by atoms with van der Waals surface area (Å²) < 4.78 is 30.9. The summed E-state index contributed by atoms with van der Waals surface area (Å²) in [5.74, 6) is -0.787. The second-order valence-electron chi connectivity index (χ2n) is 7.90. The van der Waals surface area contributed by atoms with Crippen molar-refractivity contribution in [1.29, 1.82) is 0 Å². The lowest BCUT2D eigenvalue weighted by molar-refractivity contribution is -0.119. The molecule has 1 unspecified atom stereocenters. The molecule has 2 fully saturated rings. The number of methoxy groups -OCH3 is 1. The Labute approximate surface area is 192 Å². The summed E-state index contributed by atoms with van der Waals surface area (Å²) in [5, 5.41) is 0.113. The average molecular weight is 478 g/mol. The monoisotopic (exact) mass is 477 g/mol. The van der Waals surface area contributed by atoms with Gasteiger partial charge >= 0.3 is 0 Å². The van der Waals surface area contributed by atoms with E-state index in [1.807, 2.05) is 24.3 Å². The lowest BCUT2D eigenvalue weighted by Gasteiger charge is -2.36. The van der Waals surface area contributed by atoms with E-state index in [2.05, 4.69) is 4.90 Å². The molecule has 0 radical (unpaired) electrons. The van der Waals surface area contributed by atoms with Gasteiger partial charge in [0.2, 0.25) is 15.9 Å². The summed E-state index contributed by atoms with van der Waals surface area (Å²) in [6, 6.07) is 12.1. The smallest absolute Gasteiger partial charge is 0.255 e. The quantitative estimate of drug-likeness (QED) is 0.672. The van der Waals surface area contributed by atoms with Gasteiger partial charge in [0, 0.05) is 26.2 Å². The van der Waals surface area contributed by atoms with Crippen LogP contribution in [0.25, 0.3) is 0 Å². The third kappa shape index (κ3) is 4.02. The molecule has 8 nitrogen and oxygen atoms in total. The number of para-hydroxylation sites is 2. The molecule has 2 amide bonds. The number of rotatable bonds is 4. The molecule has 2 aliphatic heterocycles. The molecule has 170 valence electrons. The number of sulfonamides is 1. The number of hydrogen-bond donors (Lipinski definition) is 0. The van der Waals surface area contributed by atoms with Crippen molar-refractivity contribution < 1.29 is 22.7 Å². The first-order chi connectivity index (χ1) is 15.2. The average Bonchev–Trinajstić information content (AvgIpc) is 2.99. The maximum Gasteiger partial charge on any atom is 0.255 e. The number of anilines is 2. The van der Waals surface area contributed by atoms with Crippen LogP contribution in [0.15, 0.2) is 42.5 Å². The van der Waals surface area contributed by atoms with Crippen molar-refractivity contribution in [3.05, 3.63) is 53.1 Å². The molecule has 0 bridgehead atoms. The zero-order valence-electron chi connectivity index (χ0n) is 17.8. The van der Waals surface area contributed by atoms with Gasteiger partial charge in [0.1, 0.15) is 5.75 Å². The lowest BCUT2D eigenvalue weighted by Crippen LogP contribution is -2.49. The fourth-order valence-electron chi connectivity index (χ4n) is 4.10. The summed E-state index contributed by atoms with van der Waals surface area (Å²) in [5.41, 5.74) is 1.41. The molecule has 10 heteroatoms. The van der Waals surface area contributed by atoms with Gasteiger partial charge in [-0.1, -0.05) is 30.7 Å². The molecule has 4 rings (SSSR count). The van der Waals surface area contributed by atoms with E-state index in [4.69, 9.17) is 16.3 Å². The van der Waals surface area contributed by atoms with Crippen LogP contribution in [0.5, 0.6) is 5.75 Å². The Morgan fingerprint density at radius 2 is 1.78 bits per heavy atom. The van der Waals surface area contributed by atoms with Crippen LogP contribution in [0, 0.1) is 5.92 Å². The molecule has 2 aromatic carbocycles. The fourth-order valence-corrected chi connectivity index (χ4v) is 6.17. The van der Waals surface area contributed by atoms with E-state index >= 15 is 0 Å². The van der Waals surface area contributed by atoms with E-state index in [1.54, 1.807) is 18.9 Å². The number of hydrogen-bond acceptors (Lipinski definition) is 6. The van der Waals surface area contributed by atoms with E-state index in [1.165, 1.54) is 18.2 Å². The Hall–Kier alpha value is -2.78. The SMILES string of the molecule is COc1ccccc1N1CCN(C(=O)c2ccc(N3C(=O)C(C)CS3(=O)=O)cc2Cl)CC1. The second kappa shape index (κ2) is 8.63. The van der Waals surface area contributed by atoms with Gasteiger partial charge < -0.3 is 14.5 Å². The van der Waals surface area contributed by atoms with Crippen molar-refractivity contribution in [2.45, 2.75) is 6.92 Å². The summed E-state index contributed by atoms with van der Waals surface area (Å²) in [4.78, 5) is 29.2. The maximum atomic E-state index is 13.1. The van der Waals surface area contributed by atoms with Crippen molar-refractivity contribution in [3.8, 4) is 5.75 Å². The van der Waals surface area contributed by atoms with Gasteiger partial charge in [-0.05, 0) is 30.3 Å². The molecular formula is C22H24ClN3O5S. The van der Waals surface area contributed by atoms with E-state index in [0.29, 0.717) is 26.2 Å². The Bertz CT molecular complexity index is 1160. The molecule has 0 spiro atoms. The third-order valence-corrected chi connectivity index (χ3v) is 7.95. The lowest BCUT2D eigenvalue weighted by atomic mass is 10.1. The van der Waals surface area contributed by atoms with Crippen molar-refractivity contribution in [2.75, 3.05) is 48.2 Å². The minimum absolute atomic E-state index is 0.113. The number of carbonyl (C=O) groups excluding carboxylic acids is 2. The van der Waals surface area contributed by atoms with Crippen molar-refractivity contribution >= 4 is 44.8 Å². The molecule has 2 heterocycles. The van der Waals surface area contributed by atoms with Crippen LogP contribution in [-0.4, -0.2) is 64.2 Å². The molecule has 2 aromatic rings. The third-order valence-electron chi connectivity index (χ3n) is 5.77. The molecule has 2 aliphatic rings. The first-order valence-electron chi connectivity index (χ1n) is 10.3. The van der Waals surface area contributed by atoms with Crippen LogP contribution in [0.4, 0.5) is 11.4 Å². The zero-order valence-corrected chi connectivity index (χ0v) is 19.4. The van der Waals surface area contributed by atoms with Gasteiger partial charge in [-0.2, -0.15) is 0 Å². The van der Waals surface area contributed by atoms with Crippen molar-refractivity contribution in [2.24, 2.45) is 5.92 Å². The van der Waals surface area contributed by atoms with Crippen LogP contribution in [0.2, 0.25) is 5.02 Å². The zero-order chi connectivity index (χ0) is 23.0. The Morgan fingerprint density at radius 3 is 2.38 bits per heavy atom. The minimum Gasteiger partial charge on any atom is -0.495 e. The number of piperazine rings is 1. The first kappa shape index (κ1) is 22.4. The van der Waals surface area contributed by atoms with Crippen LogP contribution >= 0.6 is 11.6 Å². The van der Waals surface area contributed by atoms with Crippen LogP contribution < -0.4 is 13.9 Å². The number of benzene rings is 2. The summed E-state index contributed by atoms with van der Waals surface area (Å²) in [6.45, 7) is 3.86. The molecule has 32 heavy (non-hydrogen) atoms. The first-order valence-corrected chi connectivity index (χ1v) is 12.3. The fraction of sp³-hybridized carbons (Fsp3) is 0.364. The number of carbonyl (C=O) groups is 2. The Kier molecular flexibility index (Phi) is 6.05. The van der Waals surface area contributed by atoms with Gasteiger partial charge in [0.05, 0.1) is 40.7 Å². The maximum absolute atomic E-state index is 13.1. The highest BCUT2D eigenvalue weighted by Crippen LogP contribution is 2.32. The Morgan fingerprint density at radius 1 is 1.09 bits per heavy atom. The van der Waals surface area contributed by atoms with Crippen molar-refractivity contribution in [1.82, 2.24) is 4.90 Å². The highest BCUT2D eigenvalue weighted by atomic mass is 35.5. The highest BCUT2D eigenvalue weighted by molar-refractivity contribution is 7.94. The number of amides is 2. The Balaban J connectivity index is 1.48. The summed E-state index contributed by atoms with van der Waals surface area (Å²) in [6.07, 6.45) is 0. The van der Waals surface area contributed by atoms with Gasteiger partial charge in [-0.25, -0.2) is 12.7 Å². The molecule has 2 saturated heterocycles. The predicted octanol–water partition coefficient (Wildman–Crippen LogP) is 2.62. The van der Waals surface area contributed by atoms with Gasteiger partial charge in [-0.15, -0.1) is 0 Å². The molecular weight excluding hydrogens is 454 g/mol. The van der Waals surface area contributed by atoms with E-state index in [0.717, 1.165) is 15.7 Å². The minimum atomic E-state index is -3.73. The van der Waals surface area contributed by atoms with Crippen LogP contribution in [0.3, 0.4) is 0 Å². The number of nitrogens with zero attached hydrogens (tertiary/aromatic N) is 3. The van der Waals surface area contributed by atoms with Gasteiger partial charge in [-0.3, -0.25) is 9.59 Å². The van der Waals surface area contributed by atoms with Crippen molar-refractivity contribution in [3.63, 3.8) is 0 Å². The molecule has 0 aromatic heterocycles. The van der Waals surface area contributed by atoms with E-state index in [-0.39, 0.29) is 27.9 Å². The molecule has 0 saturated carbocycles. The van der Waals surface area contributed by atoms with Crippen LogP contribution in [-0.2, 0) is 14.8 Å². The standard InChI is InChI=1S/C22H24ClN3O5S/c1-15-14-32(29,30)26(21(15)27)16-7-8-17(18(23)13-16)22(28)25-11-9-24(10-12-25)19-5-3-4-6-20(19)31-2/h3-8,13,15H,9-12,14H2,1-2H3. The predicted molar refractivity (Wildman–Crippen MR) is 123 cm³/mol. The van der Waals surface area contributed by atoms with E-state index < -0.39 is 21.8 Å². The largest absolute Gasteiger partial charge is 0.495 e. The molecule has 1 atom stereocenters. The summed E-state index contributed by atoms with van der Waals surface area (Å²) >= 11 is 6.36. The number of halogens is 1. The summed E-state index contributed by atoms with van der Waals surface area (Å²) in [7, 11) is -2.10. The molecule has 0 N–H and O–H groups in total. The molecule has 0 aliphatic carbocycles. The van der Waals surface area contributed by atoms with Gasteiger partial charge in [0.15, 0.2) is 0 Å². The van der Waals surface area contributed by atoms with Crippen LogP contribution in [0.1, 0.15) is 17.3 Å². The number of ether oxygens (including phenoxy) is 1. The van der Waals surface area contributed by atoms with Gasteiger partial charge in [0.25, 0.3) is 5.91 Å². The highest BCUT2D eigenvalue weighted by Gasteiger charge is 2.42. The normalized spacial score (nSPS) is 20.5. The second-order valence-corrected chi connectivity index (χ2v) is 10.2. The van der Waals surface area contributed by atoms with E-state index in [9.17, 15) is 18.0 Å². The topological polar surface area (TPSA) is 87.2 Å².